The maximum absolute atomic E-state index is 8.95. The molecule has 0 atom stereocenters. The first kappa shape index (κ1) is 11.9. The molecular weight excluding hydrogens is 212 g/mol. The monoisotopic (exact) mass is 230 g/mol. The average Bonchev–Trinajstić information content (AvgIpc) is 2.72. The molecule has 3 nitrogen and oxygen atoms in total. The molecule has 0 saturated carbocycles. The van der Waals surface area contributed by atoms with E-state index in [2.05, 4.69) is 36.2 Å². The Kier molecular flexibility index (Phi) is 3.59. The van der Waals surface area contributed by atoms with Gasteiger partial charge in [-0.15, -0.1) is 0 Å². The molecule has 0 aliphatic carbocycles. The smallest absolute Gasteiger partial charge is 0.139 e. The van der Waals surface area contributed by atoms with Crippen molar-refractivity contribution < 1.29 is 5.11 Å². The fourth-order valence-electron chi connectivity index (χ4n) is 1.95. The zero-order valence-corrected chi connectivity index (χ0v) is 10.3. The van der Waals surface area contributed by atoms with Crippen LogP contribution >= 0.6 is 0 Å². The zero-order valence-electron chi connectivity index (χ0n) is 10.3. The van der Waals surface area contributed by atoms with Crippen molar-refractivity contribution in [2.75, 3.05) is 6.61 Å². The van der Waals surface area contributed by atoms with Gasteiger partial charge in [0.1, 0.15) is 5.82 Å². The standard InChI is InChI=1S/C14H18N2O/c1-3-11-4-6-12(7-5-11)14-15-10-13(8-9-17)16(14)2/h4-7,10,17H,3,8-9H2,1-2H3. The van der Waals surface area contributed by atoms with Gasteiger partial charge in [0, 0.05) is 37.5 Å². The number of aromatic nitrogens is 2. The maximum atomic E-state index is 8.95. The predicted octanol–water partition coefficient (Wildman–Crippen LogP) is 2.18. The summed E-state index contributed by atoms with van der Waals surface area (Å²) in [6.07, 6.45) is 3.53. The van der Waals surface area contributed by atoms with Crippen LogP contribution in [0.3, 0.4) is 0 Å². The van der Waals surface area contributed by atoms with Crippen molar-refractivity contribution >= 4 is 0 Å². The summed E-state index contributed by atoms with van der Waals surface area (Å²) in [7, 11) is 1.99. The van der Waals surface area contributed by atoms with Gasteiger partial charge in [0.2, 0.25) is 0 Å². The van der Waals surface area contributed by atoms with Crippen molar-refractivity contribution in [2.24, 2.45) is 7.05 Å². The summed E-state index contributed by atoms with van der Waals surface area (Å²) < 4.78 is 2.04. The Morgan fingerprint density at radius 3 is 2.53 bits per heavy atom. The van der Waals surface area contributed by atoms with Crippen molar-refractivity contribution in [3.63, 3.8) is 0 Å². The molecule has 0 radical (unpaired) electrons. The van der Waals surface area contributed by atoms with Crippen LogP contribution in [0.1, 0.15) is 18.2 Å². The van der Waals surface area contributed by atoms with Gasteiger partial charge in [0.05, 0.1) is 0 Å². The molecule has 90 valence electrons. The second-order valence-corrected chi connectivity index (χ2v) is 4.16. The van der Waals surface area contributed by atoms with Gasteiger partial charge in [-0.2, -0.15) is 0 Å². The first-order valence-corrected chi connectivity index (χ1v) is 5.97. The summed E-state index contributed by atoms with van der Waals surface area (Å²) in [5.41, 5.74) is 3.51. The number of aryl methyl sites for hydroxylation is 1. The predicted molar refractivity (Wildman–Crippen MR) is 68.8 cm³/mol. The molecule has 17 heavy (non-hydrogen) atoms. The van der Waals surface area contributed by atoms with Gasteiger partial charge in [-0.1, -0.05) is 31.2 Å². The van der Waals surface area contributed by atoms with Gasteiger partial charge in [-0.3, -0.25) is 0 Å². The Bertz CT molecular complexity index is 485. The summed E-state index contributed by atoms with van der Waals surface area (Å²) in [5.74, 6) is 0.955. The van der Waals surface area contributed by atoms with E-state index < -0.39 is 0 Å². The van der Waals surface area contributed by atoms with Crippen molar-refractivity contribution in [1.29, 1.82) is 0 Å². The van der Waals surface area contributed by atoms with Crippen molar-refractivity contribution in [3.05, 3.63) is 41.7 Å². The van der Waals surface area contributed by atoms with E-state index in [9.17, 15) is 0 Å². The number of hydrogen-bond acceptors (Lipinski definition) is 2. The minimum Gasteiger partial charge on any atom is -0.396 e. The summed E-state index contributed by atoms with van der Waals surface area (Å²) in [6, 6.07) is 8.47. The normalized spacial score (nSPS) is 10.8. The molecule has 1 aromatic heterocycles. The number of aliphatic hydroxyl groups is 1. The highest BCUT2D eigenvalue weighted by Crippen LogP contribution is 2.19. The first-order chi connectivity index (χ1) is 8.26. The highest BCUT2D eigenvalue weighted by Gasteiger charge is 2.07. The number of imidazole rings is 1. The van der Waals surface area contributed by atoms with Gasteiger partial charge < -0.3 is 9.67 Å². The maximum Gasteiger partial charge on any atom is 0.139 e. The second-order valence-electron chi connectivity index (χ2n) is 4.16. The van der Waals surface area contributed by atoms with E-state index in [1.807, 2.05) is 17.8 Å². The Morgan fingerprint density at radius 1 is 1.24 bits per heavy atom. The lowest BCUT2D eigenvalue weighted by Crippen LogP contribution is -2.01. The van der Waals surface area contributed by atoms with Gasteiger partial charge in [0.15, 0.2) is 0 Å². The van der Waals surface area contributed by atoms with Gasteiger partial charge in [-0.25, -0.2) is 4.98 Å². The molecule has 2 aromatic rings. The minimum atomic E-state index is 0.160. The van der Waals surface area contributed by atoms with E-state index in [1.54, 1.807) is 0 Å². The highest BCUT2D eigenvalue weighted by atomic mass is 16.3. The lowest BCUT2D eigenvalue weighted by atomic mass is 10.1. The Morgan fingerprint density at radius 2 is 1.94 bits per heavy atom. The molecule has 1 aromatic carbocycles. The number of hydrogen-bond donors (Lipinski definition) is 1. The third-order valence-electron chi connectivity index (χ3n) is 3.07. The lowest BCUT2D eigenvalue weighted by molar-refractivity contribution is 0.297. The molecule has 1 N–H and O–H groups in total. The molecule has 3 heteroatoms. The van der Waals surface area contributed by atoms with Crippen LogP contribution in [0.15, 0.2) is 30.5 Å². The van der Waals surface area contributed by atoms with E-state index in [1.165, 1.54) is 5.56 Å². The van der Waals surface area contributed by atoms with Crippen LogP contribution in [-0.2, 0) is 19.9 Å². The molecule has 0 fully saturated rings. The minimum absolute atomic E-state index is 0.160. The molecule has 2 rings (SSSR count). The Hall–Kier alpha value is -1.61. The van der Waals surface area contributed by atoms with E-state index in [4.69, 9.17) is 5.11 Å². The number of rotatable bonds is 4. The molecule has 1 heterocycles. The van der Waals surface area contributed by atoms with Crippen LogP contribution in [0.25, 0.3) is 11.4 Å². The van der Waals surface area contributed by atoms with E-state index in [-0.39, 0.29) is 6.61 Å². The SMILES string of the molecule is CCc1ccc(-c2ncc(CCO)n2C)cc1. The topological polar surface area (TPSA) is 38.1 Å². The van der Waals surface area contributed by atoms with E-state index in [0.717, 1.165) is 23.5 Å². The van der Waals surface area contributed by atoms with Crippen LogP contribution < -0.4 is 0 Å². The van der Waals surface area contributed by atoms with Crippen LogP contribution in [0, 0.1) is 0 Å². The van der Waals surface area contributed by atoms with Crippen LogP contribution in [0.2, 0.25) is 0 Å². The van der Waals surface area contributed by atoms with Gasteiger partial charge >= 0.3 is 0 Å². The average molecular weight is 230 g/mol. The molecular formula is C14H18N2O. The summed E-state index contributed by atoms with van der Waals surface area (Å²) in [4.78, 5) is 4.41. The summed E-state index contributed by atoms with van der Waals surface area (Å²) in [6.45, 7) is 2.31. The number of nitrogens with zero attached hydrogens (tertiary/aromatic N) is 2. The van der Waals surface area contributed by atoms with Crippen LogP contribution in [0.4, 0.5) is 0 Å². The summed E-state index contributed by atoms with van der Waals surface area (Å²) >= 11 is 0. The molecule has 0 spiro atoms. The fraction of sp³-hybridized carbons (Fsp3) is 0.357. The van der Waals surface area contributed by atoms with Crippen LogP contribution in [-0.4, -0.2) is 21.3 Å². The number of aliphatic hydroxyl groups excluding tert-OH is 1. The molecule has 0 amide bonds. The van der Waals surface area contributed by atoms with Gasteiger partial charge in [0.25, 0.3) is 0 Å². The summed E-state index contributed by atoms with van der Waals surface area (Å²) in [5, 5.41) is 8.95. The number of benzene rings is 1. The van der Waals surface area contributed by atoms with Crippen molar-refractivity contribution in [1.82, 2.24) is 9.55 Å². The van der Waals surface area contributed by atoms with Crippen molar-refractivity contribution in [2.45, 2.75) is 19.8 Å². The first-order valence-electron chi connectivity index (χ1n) is 5.97. The zero-order chi connectivity index (χ0) is 12.3. The molecule has 0 unspecified atom stereocenters. The molecule has 0 bridgehead atoms. The second kappa shape index (κ2) is 5.15. The molecule has 0 saturated heterocycles. The molecule has 0 aliphatic rings. The third kappa shape index (κ3) is 2.39. The van der Waals surface area contributed by atoms with E-state index >= 15 is 0 Å². The Balaban J connectivity index is 2.32. The fourth-order valence-corrected chi connectivity index (χ4v) is 1.95. The van der Waals surface area contributed by atoms with Crippen molar-refractivity contribution in [3.8, 4) is 11.4 Å². The highest BCUT2D eigenvalue weighted by molar-refractivity contribution is 5.56. The lowest BCUT2D eigenvalue weighted by Gasteiger charge is -2.05. The largest absolute Gasteiger partial charge is 0.396 e. The quantitative estimate of drug-likeness (QED) is 0.874. The van der Waals surface area contributed by atoms with Gasteiger partial charge in [-0.05, 0) is 12.0 Å². The Labute approximate surface area is 102 Å². The third-order valence-corrected chi connectivity index (χ3v) is 3.07. The molecule has 0 aliphatic heterocycles. The van der Waals surface area contributed by atoms with E-state index in [0.29, 0.717) is 6.42 Å². The van der Waals surface area contributed by atoms with Crippen LogP contribution in [0.5, 0.6) is 0 Å².